The molecule has 30 heavy (non-hydrogen) atoms. The average Bonchev–Trinajstić information content (AvgIpc) is 2.94. The second-order valence-corrected chi connectivity index (χ2v) is 9.29. The van der Waals surface area contributed by atoms with Gasteiger partial charge in [0.15, 0.2) is 6.61 Å². The second-order valence-electron chi connectivity index (χ2n) is 7.64. The fourth-order valence-corrected chi connectivity index (χ4v) is 4.21. The fourth-order valence-electron chi connectivity index (χ4n) is 2.59. The maximum atomic E-state index is 12.7. The fraction of sp³-hybridized carbons (Fsp3) is 0.421. The molecule has 11 heteroatoms. The first-order chi connectivity index (χ1) is 13.8. The van der Waals surface area contributed by atoms with E-state index in [4.69, 9.17) is 9.47 Å². The van der Waals surface area contributed by atoms with Crippen LogP contribution in [0.1, 0.15) is 36.8 Å². The van der Waals surface area contributed by atoms with E-state index in [9.17, 15) is 18.0 Å². The number of ether oxygens (including phenoxy) is 2. The lowest BCUT2D eigenvalue weighted by Crippen LogP contribution is -2.40. The molecule has 2 N–H and O–H groups in total. The number of hydrogen-bond acceptors (Lipinski definition) is 7. The van der Waals surface area contributed by atoms with Gasteiger partial charge in [0.05, 0.1) is 18.4 Å². The van der Waals surface area contributed by atoms with Crippen molar-refractivity contribution < 1.29 is 27.5 Å². The Labute approximate surface area is 175 Å². The number of rotatable bonds is 7. The van der Waals surface area contributed by atoms with E-state index in [0.29, 0.717) is 5.82 Å². The quantitative estimate of drug-likeness (QED) is 0.628. The molecule has 0 aliphatic heterocycles. The lowest BCUT2D eigenvalue weighted by atomic mass is 10.1. The van der Waals surface area contributed by atoms with Gasteiger partial charge in [0.25, 0.3) is 5.91 Å². The number of nitrogens with zero attached hydrogens (tertiary/aromatic N) is 2. The highest BCUT2D eigenvalue weighted by Gasteiger charge is 2.26. The molecule has 0 spiro atoms. The van der Waals surface area contributed by atoms with Gasteiger partial charge in [0, 0.05) is 18.7 Å². The van der Waals surface area contributed by atoms with Gasteiger partial charge in [0.1, 0.15) is 16.5 Å². The first-order valence-electron chi connectivity index (χ1n) is 9.02. The molecule has 1 amide bonds. The van der Waals surface area contributed by atoms with Crippen LogP contribution >= 0.6 is 0 Å². The predicted octanol–water partition coefficient (Wildman–Crippen LogP) is 1.61. The number of anilines is 1. The molecule has 0 aliphatic rings. The minimum atomic E-state index is -3.96. The monoisotopic (exact) mass is 438 g/mol. The summed E-state index contributed by atoms with van der Waals surface area (Å²) in [6, 6.07) is 5.53. The van der Waals surface area contributed by atoms with Gasteiger partial charge >= 0.3 is 5.97 Å². The standard InChI is InChI=1S/C19H26N4O6S/c1-12-9-16(23(5)21-12)20-17(24)11-29-18(25)13-7-8-14(28-6)15(10-13)30(26,27)22-19(2,3)4/h7-10,22H,11H2,1-6H3,(H,20,24). The van der Waals surface area contributed by atoms with Gasteiger partial charge in [-0.25, -0.2) is 17.9 Å². The summed E-state index contributed by atoms with van der Waals surface area (Å²) >= 11 is 0. The molecular weight excluding hydrogens is 412 g/mol. The number of amides is 1. The number of benzene rings is 1. The van der Waals surface area contributed by atoms with Crippen LogP contribution < -0.4 is 14.8 Å². The van der Waals surface area contributed by atoms with Gasteiger partial charge in [-0.3, -0.25) is 9.48 Å². The third-order valence-electron chi connectivity index (χ3n) is 3.73. The molecule has 1 heterocycles. The van der Waals surface area contributed by atoms with Gasteiger partial charge in [-0.2, -0.15) is 5.10 Å². The number of aromatic nitrogens is 2. The summed E-state index contributed by atoms with van der Waals surface area (Å²) in [7, 11) is -0.969. The molecule has 0 bridgehead atoms. The Morgan fingerprint density at radius 1 is 1.20 bits per heavy atom. The molecule has 0 aliphatic carbocycles. The lowest BCUT2D eigenvalue weighted by Gasteiger charge is -2.21. The van der Waals surface area contributed by atoms with Crippen molar-refractivity contribution in [3.63, 3.8) is 0 Å². The number of nitrogens with one attached hydrogen (secondary N) is 2. The minimum Gasteiger partial charge on any atom is -0.495 e. The summed E-state index contributed by atoms with van der Waals surface area (Å²) in [5.41, 5.74) is -0.0438. The van der Waals surface area contributed by atoms with Crippen LogP contribution in [0, 0.1) is 6.92 Å². The van der Waals surface area contributed by atoms with E-state index in [1.54, 1.807) is 40.8 Å². The largest absolute Gasteiger partial charge is 0.495 e. The number of carbonyl (C=O) groups is 2. The highest BCUT2D eigenvalue weighted by Crippen LogP contribution is 2.26. The summed E-state index contributed by atoms with van der Waals surface area (Å²) < 4.78 is 39.5. The van der Waals surface area contributed by atoms with Gasteiger partial charge in [-0.1, -0.05) is 0 Å². The smallest absolute Gasteiger partial charge is 0.338 e. The van der Waals surface area contributed by atoms with E-state index in [1.165, 1.54) is 23.9 Å². The van der Waals surface area contributed by atoms with E-state index in [-0.39, 0.29) is 16.2 Å². The zero-order valence-corrected chi connectivity index (χ0v) is 18.6. The van der Waals surface area contributed by atoms with Crippen LogP contribution in [0.4, 0.5) is 5.82 Å². The topological polar surface area (TPSA) is 129 Å². The van der Waals surface area contributed by atoms with Crippen molar-refractivity contribution in [3.05, 3.63) is 35.5 Å². The zero-order chi connectivity index (χ0) is 22.7. The third-order valence-corrected chi connectivity index (χ3v) is 5.51. The SMILES string of the molecule is COc1ccc(C(=O)OCC(=O)Nc2cc(C)nn2C)cc1S(=O)(=O)NC(C)(C)C. The molecule has 0 unspecified atom stereocenters. The Morgan fingerprint density at radius 3 is 2.40 bits per heavy atom. The van der Waals surface area contributed by atoms with Crippen LogP contribution in [-0.4, -0.2) is 49.3 Å². The molecular formula is C19H26N4O6S. The number of esters is 1. The Kier molecular flexibility index (Phi) is 6.88. The average molecular weight is 439 g/mol. The van der Waals surface area contributed by atoms with Gasteiger partial charge in [0.2, 0.25) is 10.0 Å². The molecule has 0 saturated carbocycles. The van der Waals surface area contributed by atoms with Crippen LogP contribution in [-0.2, 0) is 26.6 Å². The van der Waals surface area contributed by atoms with Crippen molar-refractivity contribution in [3.8, 4) is 5.75 Å². The van der Waals surface area contributed by atoms with Crippen LogP contribution in [0.15, 0.2) is 29.2 Å². The maximum absolute atomic E-state index is 12.7. The highest BCUT2D eigenvalue weighted by molar-refractivity contribution is 7.89. The number of hydrogen-bond donors (Lipinski definition) is 2. The molecule has 1 aromatic carbocycles. The zero-order valence-electron chi connectivity index (χ0n) is 17.8. The Morgan fingerprint density at radius 2 is 1.87 bits per heavy atom. The van der Waals surface area contributed by atoms with Gasteiger partial charge in [-0.15, -0.1) is 0 Å². The van der Waals surface area contributed by atoms with Crippen LogP contribution in [0.25, 0.3) is 0 Å². The lowest BCUT2D eigenvalue weighted by molar-refractivity contribution is -0.119. The number of aryl methyl sites for hydroxylation is 2. The van der Waals surface area contributed by atoms with E-state index in [0.717, 1.165) is 11.8 Å². The molecule has 0 fully saturated rings. The van der Waals surface area contributed by atoms with Gasteiger partial charge in [-0.05, 0) is 45.9 Å². The molecule has 0 saturated heterocycles. The first-order valence-corrected chi connectivity index (χ1v) is 10.5. The normalized spacial score (nSPS) is 11.8. The van der Waals surface area contributed by atoms with Crippen molar-refractivity contribution in [2.45, 2.75) is 38.1 Å². The van der Waals surface area contributed by atoms with Crippen molar-refractivity contribution in [2.24, 2.45) is 7.05 Å². The van der Waals surface area contributed by atoms with E-state index in [1.807, 2.05) is 0 Å². The number of carbonyl (C=O) groups excluding carboxylic acids is 2. The van der Waals surface area contributed by atoms with Crippen molar-refractivity contribution in [2.75, 3.05) is 19.0 Å². The van der Waals surface area contributed by atoms with E-state index in [2.05, 4.69) is 15.1 Å². The van der Waals surface area contributed by atoms with E-state index < -0.39 is 34.0 Å². The van der Waals surface area contributed by atoms with Crippen LogP contribution in [0.3, 0.4) is 0 Å². The Balaban J connectivity index is 2.14. The molecule has 0 radical (unpaired) electrons. The molecule has 164 valence electrons. The van der Waals surface area contributed by atoms with Crippen LogP contribution in [0.2, 0.25) is 0 Å². The molecule has 2 rings (SSSR count). The number of sulfonamides is 1. The highest BCUT2D eigenvalue weighted by atomic mass is 32.2. The first kappa shape index (κ1) is 23.4. The van der Waals surface area contributed by atoms with Crippen molar-refractivity contribution >= 4 is 27.7 Å². The molecule has 2 aromatic rings. The number of methoxy groups -OCH3 is 1. The van der Waals surface area contributed by atoms with Gasteiger partial charge < -0.3 is 14.8 Å². The van der Waals surface area contributed by atoms with Crippen molar-refractivity contribution in [1.82, 2.24) is 14.5 Å². The summed E-state index contributed by atoms with van der Waals surface area (Å²) in [4.78, 5) is 24.2. The second kappa shape index (κ2) is 8.84. The maximum Gasteiger partial charge on any atom is 0.338 e. The summed E-state index contributed by atoms with van der Waals surface area (Å²) in [6.07, 6.45) is 0. The van der Waals surface area contributed by atoms with Crippen LogP contribution in [0.5, 0.6) is 5.75 Å². The minimum absolute atomic E-state index is 0.0331. The third kappa shape index (κ3) is 6.04. The predicted molar refractivity (Wildman–Crippen MR) is 110 cm³/mol. The van der Waals surface area contributed by atoms with E-state index >= 15 is 0 Å². The molecule has 0 atom stereocenters. The summed E-state index contributed by atoms with van der Waals surface area (Å²) in [6.45, 7) is 6.31. The summed E-state index contributed by atoms with van der Waals surface area (Å²) in [5, 5.41) is 6.68. The molecule has 1 aromatic heterocycles. The Bertz CT molecular complexity index is 1050. The van der Waals surface area contributed by atoms with Crippen molar-refractivity contribution in [1.29, 1.82) is 0 Å². The molecule has 10 nitrogen and oxygen atoms in total. The Hall–Kier alpha value is -2.92. The summed E-state index contributed by atoms with van der Waals surface area (Å²) in [5.74, 6) is -0.865.